The van der Waals surface area contributed by atoms with E-state index >= 15 is 0 Å². The van der Waals surface area contributed by atoms with Gasteiger partial charge in [-0.15, -0.1) is 0 Å². The van der Waals surface area contributed by atoms with Gasteiger partial charge in [-0.3, -0.25) is 9.78 Å². The Morgan fingerprint density at radius 2 is 1.95 bits per heavy atom. The van der Waals surface area contributed by atoms with E-state index in [1.165, 1.54) is 5.56 Å². The van der Waals surface area contributed by atoms with Crippen molar-refractivity contribution in [1.29, 1.82) is 0 Å². The molecule has 0 N–H and O–H groups in total. The summed E-state index contributed by atoms with van der Waals surface area (Å²) in [5, 5.41) is 0. The van der Waals surface area contributed by atoms with Gasteiger partial charge in [0, 0.05) is 24.5 Å². The number of pyridine rings is 1. The van der Waals surface area contributed by atoms with Crippen molar-refractivity contribution in [2.45, 2.75) is 26.8 Å². The molecule has 1 aromatic heterocycles. The smallest absolute Gasteiger partial charge is 0.227 e. The lowest BCUT2D eigenvalue weighted by molar-refractivity contribution is -0.118. The molecule has 3 nitrogen and oxygen atoms in total. The van der Waals surface area contributed by atoms with E-state index in [2.05, 4.69) is 4.98 Å². The van der Waals surface area contributed by atoms with Crippen LogP contribution in [0.3, 0.4) is 0 Å². The van der Waals surface area contributed by atoms with Crippen LogP contribution >= 0.6 is 0 Å². The molecule has 19 heavy (non-hydrogen) atoms. The van der Waals surface area contributed by atoms with Crippen molar-refractivity contribution in [3.05, 3.63) is 59.9 Å². The molecule has 0 unspecified atom stereocenters. The Balaban J connectivity index is 2.26. The highest BCUT2D eigenvalue weighted by molar-refractivity contribution is 5.93. The van der Waals surface area contributed by atoms with Crippen LogP contribution < -0.4 is 4.90 Å². The van der Waals surface area contributed by atoms with Crippen molar-refractivity contribution < 1.29 is 4.79 Å². The molecule has 0 saturated heterocycles. The largest absolute Gasteiger partial charge is 0.308 e. The van der Waals surface area contributed by atoms with E-state index in [9.17, 15) is 4.79 Å². The lowest BCUT2D eigenvalue weighted by Crippen LogP contribution is -2.29. The molecule has 3 heteroatoms. The van der Waals surface area contributed by atoms with Gasteiger partial charge in [0.15, 0.2) is 0 Å². The van der Waals surface area contributed by atoms with Gasteiger partial charge in [0.1, 0.15) is 0 Å². The van der Waals surface area contributed by atoms with Crippen LogP contribution in [0.1, 0.15) is 24.5 Å². The number of amides is 1. The Bertz CT molecular complexity index is 534. The van der Waals surface area contributed by atoms with Crippen LogP contribution in [0.5, 0.6) is 0 Å². The summed E-state index contributed by atoms with van der Waals surface area (Å²) in [5.74, 6) is 0.118. The summed E-state index contributed by atoms with van der Waals surface area (Å²) in [4.78, 5) is 18.0. The van der Waals surface area contributed by atoms with Crippen LogP contribution in [0, 0.1) is 6.92 Å². The first-order chi connectivity index (χ1) is 9.20. The van der Waals surface area contributed by atoms with E-state index in [4.69, 9.17) is 0 Å². The molecule has 0 bridgehead atoms. The number of anilines is 1. The minimum Gasteiger partial charge on any atom is -0.308 e. The van der Waals surface area contributed by atoms with Crippen molar-refractivity contribution in [2.24, 2.45) is 0 Å². The van der Waals surface area contributed by atoms with Gasteiger partial charge in [0.05, 0.1) is 6.54 Å². The summed E-state index contributed by atoms with van der Waals surface area (Å²) in [6.45, 7) is 4.48. The third-order valence-corrected chi connectivity index (χ3v) is 3.01. The van der Waals surface area contributed by atoms with Crippen LogP contribution in [-0.4, -0.2) is 10.9 Å². The standard InChI is InChI=1S/C16H18N2O/c1-3-16(19)18(12-14-5-4-10-17-11-14)15-8-6-13(2)7-9-15/h4-11H,3,12H2,1-2H3. The zero-order valence-electron chi connectivity index (χ0n) is 11.3. The SMILES string of the molecule is CCC(=O)N(Cc1cccnc1)c1ccc(C)cc1. The summed E-state index contributed by atoms with van der Waals surface area (Å²) < 4.78 is 0. The van der Waals surface area contributed by atoms with Gasteiger partial charge in [-0.25, -0.2) is 0 Å². The van der Waals surface area contributed by atoms with Crippen molar-refractivity contribution in [2.75, 3.05) is 4.90 Å². The highest BCUT2D eigenvalue weighted by atomic mass is 16.2. The minimum atomic E-state index is 0.118. The molecule has 0 spiro atoms. The highest BCUT2D eigenvalue weighted by Crippen LogP contribution is 2.18. The van der Waals surface area contributed by atoms with Gasteiger partial charge >= 0.3 is 0 Å². The summed E-state index contributed by atoms with van der Waals surface area (Å²) in [5.41, 5.74) is 3.15. The maximum absolute atomic E-state index is 12.1. The van der Waals surface area contributed by atoms with Crippen molar-refractivity contribution in [3.8, 4) is 0 Å². The van der Waals surface area contributed by atoms with Gasteiger partial charge < -0.3 is 4.90 Å². The maximum Gasteiger partial charge on any atom is 0.227 e. The van der Waals surface area contributed by atoms with Crippen LogP contribution in [0.2, 0.25) is 0 Å². The molecule has 2 rings (SSSR count). The average Bonchev–Trinajstić information content (AvgIpc) is 2.46. The molecule has 0 radical (unpaired) electrons. The van der Waals surface area contributed by atoms with E-state index in [1.54, 1.807) is 17.3 Å². The molecule has 0 aliphatic rings. The van der Waals surface area contributed by atoms with Gasteiger partial charge in [-0.2, -0.15) is 0 Å². The number of hydrogen-bond donors (Lipinski definition) is 0. The van der Waals surface area contributed by atoms with Crippen molar-refractivity contribution in [3.63, 3.8) is 0 Å². The van der Waals surface area contributed by atoms with Crippen molar-refractivity contribution >= 4 is 11.6 Å². The summed E-state index contributed by atoms with van der Waals surface area (Å²) in [7, 11) is 0. The van der Waals surface area contributed by atoms with E-state index in [0.29, 0.717) is 13.0 Å². The predicted molar refractivity (Wildman–Crippen MR) is 76.9 cm³/mol. The Morgan fingerprint density at radius 1 is 1.21 bits per heavy atom. The molecule has 98 valence electrons. The fourth-order valence-corrected chi connectivity index (χ4v) is 1.91. The molecular weight excluding hydrogens is 236 g/mol. The topological polar surface area (TPSA) is 33.2 Å². The second-order valence-electron chi connectivity index (χ2n) is 4.53. The number of nitrogens with zero attached hydrogens (tertiary/aromatic N) is 2. The fourth-order valence-electron chi connectivity index (χ4n) is 1.91. The second kappa shape index (κ2) is 6.14. The Labute approximate surface area is 113 Å². The molecule has 0 atom stereocenters. The van der Waals surface area contributed by atoms with Gasteiger partial charge in [0.2, 0.25) is 5.91 Å². The number of rotatable bonds is 4. The Kier molecular flexibility index (Phi) is 4.29. The third kappa shape index (κ3) is 3.41. The number of hydrogen-bond acceptors (Lipinski definition) is 2. The molecule has 1 aromatic carbocycles. The summed E-state index contributed by atoms with van der Waals surface area (Å²) in [6.07, 6.45) is 4.03. The van der Waals surface area contributed by atoms with Gasteiger partial charge in [-0.05, 0) is 30.7 Å². The normalized spacial score (nSPS) is 10.2. The first-order valence-electron chi connectivity index (χ1n) is 6.46. The number of carbonyl (C=O) groups is 1. The van der Waals surface area contributed by atoms with Crippen molar-refractivity contribution in [1.82, 2.24) is 4.98 Å². The number of aryl methyl sites for hydroxylation is 1. The quantitative estimate of drug-likeness (QED) is 0.838. The first-order valence-corrected chi connectivity index (χ1v) is 6.46. The molecule has 1 amide bonds. The summed E-state index contributed by atoms with van der Waals surface area (Å²) >= 11 is 0. The molecule has 0 saturated carbocycles. The molecular formula is C16H18N2O. The highest BCUT2D eigenvalue weighted by Gasteiger charge is 2.14. The number of carbonyl (C=O) groups excluding carboxylic acids is 1. The molecule has 0 fully saturated rings. The second-order valence-corrected chi connectivity index (χ2v) is 4.53. The van der Waals surface area contributed by atoms with Gasteiger partial charge in [-0.1, -0.05) is 30.7 Å². The average molecular weight is 254 g/mol. The lowest BCUT2D eigenvalue weighted by Gasteiger charge is -2.22. The zero-order chi connectivity index (χ0) is 13.7. The van der Waals surface area contributed by atoms with E-state index in [-0.39, 0.29) is 5.91 Å². The van der Waals surface area contributed by atoms with Crippen LogP contribution in [0.15, 0.2) is 48.8 Å². The maximum atomic E-state index is 12.1. The monoisotopic (exact) mass is 254 g/mol. The van der Waals surface area contributed by atoms with Gasteiger partial charge in [0.25, 0.3) is 0 Å². The zero-order valence-corrected chi connectivity index (χ0v) is 11.3. The number of aromatic nitrogens is 1. The Hall–Kier alpha value is -2.16. The molecule has 1 heterocycles. The van der Waals surface area contributed by atoms with Crippen LogP contribution in [-0.2, 0) is 11.3 Å². The van der Waals surface area contributed by atoms with E-state index in [1.807, 2.05) is 50.2 Å². The molecule has 0 aliphatic carbocycles. The van der Waals surface area contributed by atoms with E-state index in [0.717, 1.165) is 11.3 Å². The predicted octanol–water partition coefficient (Wildman–Crippen LogP) is 3.33. The molecule has 0 aliphatic heterocycles. The van der Waals surface area contributed by atoms with E-state index < -0.39 is 0 Å². The third-order valence-electron chi connectivity index (χ3n) is 3.01. The lowest BCUT2D eigenvalue weighted by atomic mass is 10.2. The summed E-state index contributed by atoms with van der Waals surface area (Å²) in [6, 6.07) is 11.9. The van der Waals surface area contributed by atoms with Crippen LogP contribution in [0.4, 0.5) is 5.69 Å². The number of benzene rings is 1. The first kappa shape index (κ1) is 13.3. The fraction of sp³-hybridized carbons (Fsp3) is 0.250. The Morgan fingerprint density at radius 3 is 2.53 bits per heavy atom. The molecule has 2 aromatic rings. The van der Waals surface area contributed by atoms with Crippen LogP contribution in [0.25, 0.3) is 0 Å². The minimum absolute atomic E-state index is 0.118.